The summed E-state index contributed by atoms with van der Waals surface area (Å²) in [6, 6.07) is 5.94. The van der Waals surface area contributed by atoms with E-state index in [1.54, 1.807) is 4.90 Å². The van der Waals surface area contributed by atoms with Gasteiger partial charge < -0.3 is 14.7 Å². The molecule has 0 spiro atoms. The normalized spacial score (nSPS) is 37.6. The average molecular weight is 325 g/mol. The Morgan fingerprint density at radius 3 is 1.50 bits per heavy atom. The molecule has 0 fully saturated rings. The molecule has 3 aliphatic heterocycles. The first-order chi connectivity index (χ1) is 11.6. The fraction of sp³-hybridized carbons (Fsp3) is 0.450. The van der Waals surface area contributed by atoms with Crippen LogP contribution in [-0.4, -0.2) is 45.8 Å². The van der Waals surface area contributed by atoms with E-state index in [-0.39, 0.29) is 0 Å². The van der Waals surface area contributed by atoms with Crippen LogP contribution in [0.1, 0.15) is 35.1 Å². The van der Waals surface area contributed by atoms with Crippen molar-refractivity contribution < 1.29 is 14.7 Å². The maximum absolute atomic E-state index is 5.12. The van der Waals surface area contributed by atoms with Gasteiger partial charge in [0.15, 0.2) is 0 Å². The Morgan fingerprint density at radius 2 is 1.12 bits per heavy atom. The summed E-state index contributed by atoms with van der Waals surface area (Å²) in [7, 11) is 6.81. The minimum absolute atomic E-state index is 0.389. The van der Waals surface area contributed by atoms with Gasteiger partial charge in [-0.15, -0.1) is 0 Å². The quantitative estimate of drug-likeness (QED) is 0.577. The minimum Gasteiger partial charge on any atom is -0.325 e. The molecular formula is C20H29N4+3. The van der Waals surface area contributed by atoms with E-state index in [9.17, 15) is 0 Å². The Hall–Kier alpha value is -1.75. The second-order valence-electron chi connectivity index (χ2n) is 7.62. The maximum Gasteiger partial charge on any atom is 0.149 e. The number of likely N-dealkylation sites (N-methyl/N-ethyl adjacent to an activating group) is 3. The lowest BCUT2D eigenvalue weighted by Gasteiger charge is -2.23. The molecule has 1 aromatic rings. The topological polar surface area (TPSA) is 26.2 Å². The zero-order valence-electron chi connectivity index (χ0n) is 14.9. The van der Waals surface area contributed by atoms with E-state index in [1.807, 2.05) is 0 Å². The van der Waals surface area contributed by atoms with Crippen LogP contribution in [0.3, 0.4) is 0 Å². The molecule has 0 bridgehead atoms. The van der Waals surface area contributed by atoms with Gasteiger partial charge >= 0.3 is 0 Å². The Kier molecular flexibility index (Phi) is 4.12. The molecule has 1 aromatic heterocycles. The Balaban J connectivity index is 1.77. The molecule has 6 unspecified atom stereocenters. The Morgan fingerprint density at radius 1 is 0.708 bits per heavy atom. The second kappa shape index (κ2) is 6.28. The smallest absolute Gasteiger partial charge is 0.149 e. The second-order valence-corrected chi connectivity index (χ2v) is 7.62. The van der Waals surface area contributed by atoms with Crippen LogP contribution in [0, 0.1) is 0 Å². The average Bonchev–Trinajstić information content (AvgIpc) is 3.28. The molecule has 126 valence electrons. The predicted molar refractivity (Wildman–Crippen MR) is 95.1 cm³/mol. The van der Waals surface area contributed by atoms with Gasteiger partial charge in [0.2, 0.25) is 0 Å². The summed E-state index contributed by atoms with van der Waals surface area (Å²) in [6.07, 6.45) is 13.9. The van der Waals surface area contributed by atoms with E-state index in [0.717, 1.165) is 19.6 Å². The van der Waals surface area contributed by atoms with Crippen LogP contribution in [0.2, 0.25) is 0 Å². The number of nitrogens with zero attached hydrogens (tertiary/aromatic N) is 1. The summed E-state index contributed by atoms with van der Waals surface area (Å²) >= 11 is 0. The molecule has 0 saturated carbocycles. The number of pyridine rings is 1. The molecule has 3 aliphatic rings. The van der Waals surface area contributed by atoms with Crippen LogP contribution in [0.15, 0.2) is 48.6 Å². The lowest BCUT2D eigenvalue weighted by atomic mass is 10.0. The van der Waals surface area contributed by atoms with E-state index < -0.39 is 0 Å². The lowest BCUT2D eigenvalue weighted by Crippen LogP contribution is -3.08. The Labute approximate surface area is 144 Å². The number of hydrogen-bond donors (Lipinski definition) is 3. The molecule has 0 saturated heterocycles. The molecule has 4 nitrogen and oxygen atoms in total. The molecule has 4 heterocycles. The van der Waals surface area contributed by atoms with Crippen LogP contribution in [-0.2, 0) is 0 Å². The predicted octanol–water partition coefficient (Wildman–Crippen LogP) is -1.54. The zero-order valence-corrected chi connectivity index (χ0v) is 14.9. The SMILES string of the molecule is C[NH+]1CC=CC1c1cc(C2C=CC[NH+]2C)nc(C2C=CC[NH+]2C)c1. The summed E-state index contributed by atoms with van der Waals surface area (Å²) in [4.78, 5) is 9.68. The van der Waals surface area contributed by atoms with Gasteiger partial charge in [-0.1, -0.05) is 0 Å². The van der Waals surface area contributed by atoms with Crippen molar-refractivity contribution in [2.24, 2.45) is 0 Å². The molecule has 4 rings (SSSR count). The lowest BCUT2D eigenvalue weighted by molar-refractivity contribution is -0.895. The summed E-state index contributed by atoms with van der Waals surface area (Å²) in [5, 5.41) is 0. The highest BCUT2D eigenvalue weighted by Gasteiger charge is 2.31. The number of hydrogen-bond acceptors (Lipinski definition) is 1. The molecule has 4 heteroatoms. The summed E-state index contributed by atoms with van der Waals surface area (Å²) < 4.78 is 0. The highest BCUT2D eigenvalue weighted by Crippen LogP contribution is 2.23. The third-order valence-corrected chi connectivity index (χ3v) is 5.78. The van der Waals surface area contributed by atoms with Gasteiger partial charge in [0, 0.05) is 5.56 Å². The molecular weight excluding hydrogens is 296 g/mol. The van der Waals surface area contributed by atoms with Gasteiger partial charge in [0.25, 0.3) is 0 Å². The number of nitrogens with one attached hydrogen (secondary N) is 3. The van der Waals surface area contributed by atoms with Crippen LogP contribution in [0.25, 0.3) is 0 Å². The highest BCUT2D eigenvalue weighted by atomic mass is 15.2. The van der Waals surface area contributed by atoms with Gasteiger partial charge in [0.05, 0.1) is 40.8 Å². The van der Waals surface area contributed by atoms with Crippen molar-refractivity contribution in [1.82, 2.24) is 4.98 Å². The maximum atomic E-state index is 5.12. The molecule has 24 heavy (non-hydrogen) atoms. The van der Waals surface area contributed by atoms with Crippen molar-refractivity contribution in [3.8, 4) is 0 Å². The molecule has 0 aromatic carbocycles. The van der Waals surface area contributed by atoms with Gasteiger partial charge in [-0.3, -0.25) is 0 Å². The van der Waals surface area contributed by atoms with Crippen molar-refractivity contribution >= 4 is 0 Å². The number of rotatable bonds is 3. The summed E-state index contributed by atoms with van der Waals surface area (Å²) in [5.41, 5.74) is 3.88. The summed E-state index contributed by atoms with van der Waals surface area (Å²) in [6.45, 7) is 3.30. The Bertz CT molecular complexity index is 598. The van der Waals surface area contributed by atoms with Crippen molar-refractivity contribution in [1.29, 1.82) is 0 Å². The van der Waals surface area contributed by atoms with E-state index in [4.69, 9.17) is 4.98 Å². The van der Waals surface area contributed by atoms with E-state index in [1.165, 1.54) is 26.8 Å². The molecule has 6 atom stereocenters. The van der Waals surface area contributed by atoms with Crippen LogP contribution in [0.5, 0.6) is 0 Å². The van der Waals surface area contributed by atoms with Gasteiger partial charge in [-0.2, -0.15) is 0 Å². The van der Waals surface area contributed by atoms with Crippen LogP contribution < -0.4 is 14.7 Å². The third-order valence-electron chi connectivity index (χ3n) is 5.78. The van der Waals surface area contributed by atoms with E-state index in [2.05, 4.69) is 69.7 Å². The van der Waals surface area contributed by atoms with Gasteiger partial charge in [0.1, 0.15) is 29.5 Å². The fourth-order valence-electron chi connectivity index (χ4n) is 4.24. The first-order valence-corrected chi connectivity index (χ1v) is 9.12. The monoisotopic (exact) mass is 325 g/mol. The van der Waals surface area contributed by atoms with Crippen molar-refractivity contribution in [2.75, 3.05) is 40.8 Å². The minimum atomic E-state index is 0.389. The van der Waals surface area contributed by atoms with E-state index in [0.29, 0.717) is 18.1 Å². The standard InChI is InChI=1S/C20H26N4/c1-22-10-4-7-18(22)15-13-16(19-8-5-11-23(19)2)21-17(14-15)20-9-6-12-24(20)3/h4-9,13-14,18-20H,10-12H2,1-3H3/p+3. The third kappa shape index (κ3) is 2.75. The fourth-order valence-corrected chi connectivity index (χ4v) is 4.24. The van der Waals surface area contributed by atoms with Crippen LogP contribution >= 0.6 is 0 Å². The number of quaternary nitrogens is 3. The molecule has 0 aliphatic carbocycles. The first kappa shape index (κ1) is 15.8. The van der Waals surface area contributed by atoms with Crippen molar-refractivity contribution in [3.05, 3.63) is 65.5 Å². The van der Waals surface area contributed by atoms with E-state index >= 15 is 0 Å². The molecule has 0 radical (unpaired) electrons. The number of aromatic nitrogens is 1. The highest BCUT2D eigenvalue weighted by molar-refractivity contribution is 5.31. The largest absolute Gasteiger partial charge is 0.325 e. The van der Waals surface area contributed by atoms with Crippen LogP contribution in [0.4, 0.5) is 0 Å². The van der Waals surface area contributed by atoms with Crippen molar-refractivity contribution in [2.45, 2.75) is 18.1 Å². The first-order valence-electron chi connectivity index (χ1n) is 9.12. The molecule has 0 amide bonds. The van der Waals surface area contributed by atoms with Gasteiger partial charge in [-0.05, 0) is 48.6 Å². The zero-order chi connectivity index (χ0) is 16.7. The summed E-state index contributed by atoms with van der Waals surface area (Å²) in [5.74, 6) is 0. The van der Waals surface area contributed by atoms with Crippen molar-refractivity contribution in [3.63, 3.8) is 0 Å². The van der Waals surface area contributed by atoms with Gasteiger partial charge in [-0.25, -0.2) is 4.98 Å². The molecule has 3 N–H and O–H groups in total.